The molecule has 0 aromatic rings. The molecule has 0 saturated carbocycles. The lowest BCUT2D eigenvalue weighted by atomic mass is 10.2. The van der Waals surface area contributed by atoms with Crippen LogP contribution in [0.4, 0.5) is 0 Å². The van der Waals surface area contributed by atoms with Crippen molar-refractivity contribution in [1.82, 2.24) is 5.32 Å². The predicted molar refractivity (Wildman–Crippen MR) is 55.9 cm³/mol. The minimum Gasteiger partial charge on any atom is -0.320 e. The zero-order chi connectivity index (χ0) is 9.56. The van der Waals surface area contributed by atoms with Crippen molar-refractivity contribution < 1.29 is 4.21 Å². The van der Waals surface area contributed by atoms with Gasteiger partial charge in [-0.1, -0.05) is 20.8 Å². The molecule has 2 unspecified atom stereocenters. The monoisotopic (exact) mass is 191 g/mol. The number of rotatable bonds is 6. The molecule has 0 radical (unpaired) electrons. The second-order valence-corrected chi connectivity index (χ2v) is 5.40. The Balaban J connectivity index is 3.57. The number of nitrogens with one attached hydrogen (secondary N) is 1. The van der Waals surface area contributed by atoms with Crippen LogP contribution in [-0.4, -0.2) is 28.8 Å². The highest BCUT2D eigenvalue weighted by atomic mass is 32.2. The molecule has 0 aromatic heterocycles. The van der Waals surface area contributed by atoms with E-state index in [9.17, 15) is 4.21 Å². The van der Waals surface area contributed by atoms with Gasteiger partial charge in [0, 0.05) is 21.8 Å². The van der Waals surface area contributed by atoms with Crippen LogP contribution in [0.15, 0.2) is 0 Å². The molecule has 0 aliphatic rings. The van der Waals surface area contributed by atoms with Crippen LogP contribution in [0.1, 0.15) is 27.2 Å². The first-order chi connectivity index (χ1) is 5.59. The van der Waals surface area contributed by atoms with Gasteiger partial charge < -0.3 is 5.32 Å². The lowest BCUT2D eigenvalue weighted by Crippen LogP contribution is -2.21. The lowest BCUT2D eigenvalue weighted by Gasteiger charge is -2.14. The van der Waals surface area contributed by atoms with Crippen molar-refractivity contribution >= 4 is 10.8 Å². The normalized spacial score (nSPS) is 16.4. The number of hydrogen-bond donors (Lipinski definition) is 1. The summed E-state index contributed by atoms with van der Waals surface area (Å²) in [6.45, 7) is 7.29. The van der Waals surface area contributed by atoms with Gasteiger partial charge in [-0.3, -0.25) is 4.21 Å². The molecule has 0 spiro atoms. The minimum atomic E-state index is -0.636. The van der Waals surface area contributed by atoms with E-state index >= 15 is 0 Å². The summed E-state index contributed by atoms with van der Waals surface area (Å²) < 4.78 is 11.5. The summed E-state index contributed by atoms with van der Waals surface area (Å²) in [5.41, 5.74) is 0. The first-order valence-electron chi connectivity index (χ1n) is 4.61. The Labute approximate surface area is 78.6 Å². The van der Waals surface area contributed by atoms with E-state index in [1.165, 1.54) is 0 Å². The molecule has 1 N–H and O–H groups in total. The first kappa shape index (κ1) is 12.1. The van der Waals surface area contributed by atoms with Crippen molar-refractivity contribution in [3.05, 3.63) is 0 Å². The average Bonchev–Trinajstić information content (AvgIpc) is 2.03. The molecule has 0 saturated heterocycles. The predicted octanol–water partition coefficient (Wildman–Crippen LogP) is 1.39. The highest BCUT2D eigenvalue weighted by Gasteiger charge is 2.13. The van der Waals surface area contributed by atoms with E-state index in [0.29, 0.717) is 11.2 Å². The molecule has 0 aromatic carbocycles. The third kappa shape index (κ3) is 4.88. The van der Waals surface area contributed by atoms with Crippen LogP contribution in [0.25, 0.3) is 0 Å². The zero-order valence-electron chi connectivity index (χ0n) is 8.59. The molecule has 2 atom stereocenters. The van der Waals surface area contributed by atoms with Crippen molar-refractivity contribution in [1.29, 1.82) is 0 Å². The van der Waals surface area contributed by atoms with Crippen molar-refractivity contribution in [3.8, 4) is 0 Å². The molecule has 3 heteroatoms. The van der Waals surface area contributed by atoms with Crippen LogP contribution in [0.3, 0.4) is 0 Å². The maximum atomic E-state index is 11.5. The fourth-order valence-electron chi connectivity index (χ4n) is 0.881. The van der Waals surface area contributed by atoms with E-state index in [1.54, 1.807) is 0 Å². The summed E-state index contributed by atoms with van der Waals surface area (Å²) in [4.78, 5) is 0. The van der Waals surface area contributed by atoms with Crippen LogP contribution >= 0.6 is 0 Å². The van der Waals surface area contributed by atoms with Crippen molar-refractivity contribution in [3.63, 3.8) is 0 Å². The van der Waals surface area contributed by atoms with Gasteiger partial charge in [-0.05, 0) is 25.9 Å². The summed E-state index contributed by atoms with van der Waals surface area (Å²) in [7, 11) is 1.29. The van der Waals surface area contributed by atoms with E-state index in [1.807, 2.05) is 7.05 Å². The van der Waals surface area contributed by atoms with E-state index < -0.39 is 10.8 Å². The Kier molecular flexibility index (Phi) is 6.67. The fraction of sp³-hybridized carbons (Fsp3) is 1.00. The van der Waals surface area contributed by atoms with E-state index in [4.69, 9.17) is 0 Å². The molecule has 0 aliphatic heterocycles. The van der Waals surface area contributed by atoms with Gasteiger partial charge in [0.25, 0.3) is 0 Å². The highest BCUT2D eigenvalue weighted by molar-refractivity contribution is 7.85. The highest BCUT2D eigenvalue weighted by Crippen LogP contribution is 2.08. The largest absolute Gasteiger partial charge is 0.320 e. The molecule has 0 aliphatic carbocycles. The summed E-state index contributed by atoms with van der Waals surface area (Å²) in [6, 6.07) is 0. The smallest absolute Gasteiger partial charge is 0.0342 e. The zero-order valence-corrected chi connectivity index (χ0v) is 9.41. The van der Waals surface area contributed by atoms with Crippen molar-refractivity contribution in [2.75, 3.05) is 19.3 Å². The molecule has 0 amide bonds. The minimum absolute atomic E-state index is 0.335. The second-order valence-electron chi connectivity index (χ2n) is 3.49. The maximum Gasteiger partial charge on any atom is 0.0342 e. The van der Waals surface area contributed by atoms with Crippen molar-refractivity contribution in [2.24, 2.45) is 5.92 Å². The maximum absolute atomic E-state index is 11.5. The number of hydrogen-bond acceptors (Lipinski definition) is 2. The van der Waals surface area contributed by atoms with Crippen LogP contribution in [0.5, 0.6) is 0 Å². The third-order valence-corrected chi connectivity index (χ3v) is 4.19. The fourth-order valence-corrected chi connectivity index (χ4v) is 2.29. The summed E-state index contributed by atoms with van der Waals surface area (Å²) in [5.74, 6) is 1.36. The molecular weight excluding hydrogens is 170 g/mol. The molecule has 2 nitrogen and oxygen atoms in total. The SMILES string of the molecule is CNCCCS(=O)C(C)C(C)C. The molecule has 0 heterocycles. The Morgan fingerprint density at radius 2 is 1.92 bits per heavy atom. The van der Waals surface area contributed by atoms with Gasteiger partial charge in [0.1, 0.15) is 0 Å². The molecular formula is C9H21NOS. The molecule has 12 heavy (non-hydrogen) atoms. The summed E-state index contributed by atoms with van der Waals surface area (Å²) in [5, 5.41) is 3.39. The van der Waals surface area contributed by atoms with Gasteiger partial charge in [-0.2, -0.15) is 0 Å². The van der Waals surface area contributed by atoms with E-state index in [-0.39, 0.29) is 0 Å². The van der Waals surface area contributed by atoms with Crippen LogP contribution in [0.2, 0.25) is 0 Å². The first-order valence-corrected chi connectivity index (χ1v) is 5.99. The summed E-state index contributed by atoms with van der Waals surface area (Å²) in [6.07, 6.45) is 1.01. The van der Waals surface area contributed by atoms with Crippen LogP contribution < -0.4 is 5.32 Å². The Bertz CT molecular complexity index is 136. The van der Waals surface area contributed by atoms with E-state index in [2.05, 4.69) is 26.1 Å². The third-order valence-electron chi connectivity index (χ3n) is 2.13. The standard InChI is InChI=1S/C9H21NOS/c1-8(2)9(3)12(11)7-5-6-10-4/h8-10H,5-7H2,1-4H3. The Morgan fingerprint density at radius 1 is 1.33 bits per heavy atom. The van der Waals surface area contributed by atoms with Gasteiger partial charge in [-0.25, -0.2) is 0 Å². The van der Waals surface area contributed by atoms with Crippen LogP contribution in [0, 0.1) is 5.92 Å². The van der Waals surface area contributed by atoms with Gasteiger partial charge in [0.15, 0.2) is 0 Å². The van der Waals surface area contributed by atoms with Crippen LogP contribution in [-0.2, 0) is 10.8 Å². The van der Waals surface area contributed by atoms with Crippen molar-refractivity contribution in [2.45, 2.75) is 32.4 Å². The van der Waals surface area contributed by atoms with Gasteiger partial charge in [0.05, 0.1) is 0 Å². The average molecular weight is 191 g/mol. The molecule has 0 fully saturated rings. The summed E-state index contributed by atoms with van der Waals surface area (Å²) >= 11 is 0. The molecule has 0 rings (SSSR count). The lowest BCUT2D eigenvalue weighted by molar-refractivity contribution is 0.603. The Morgan fingerprint density at radius 3 is 2.33 bits per heavy atom. The van der Waals surface area contributed by atoms with Gasteiger partial charge in [-0.15, -0.1) is 0 Å². The van der Waals surface area contributed by atoms with Gasteiger partial charge >= 0.3 is 0 Å². The molecule has 74 valence electrons. The topological polar surface area (TPSA) is 29.1 Å². The molecule has 0 bridgehead atoms. The Hall–Kier alpha value is 0.110. The second kappa shape index (κ2) is 6.61. The van der Waals surface area contributed by atoms with E-state index in [0.717, 1.165) is 18.7 Å². The van der Waals surface area contributed by atoms with Gasteiger partial charge in [0.2, 0.25) is 0 Å². The quantitative estimate of drug-likeness (QED) is 0.643.